The molecule has 0 aliphatic rings. The van der Waals surface area contributed by atoms with E-state index in [1.807, 2.05) is 75.4 Å². The highest BCUT2D eigenvalue weighted by molar-refractivity contribution is 6.42. The van der Waals surface area contributed by atoms with Gasteiger partial charge in [-0.2, -0.15) is 10.5 Å². The minimum atomic E-state index is 0.208. The van der Waals surface area contributed by atoms with Gasteiger partial charge in [0.2, 0.25) is 0 Å². The highest BCUT2D eigenvalue weighted by Gasteiger charge is 2.23. The summed E-state index contributed by atoms with van der Waals surface area (Å²) in [6, 6.07) is 26.8. The van der Waals surface area contributed by atoms with Gasteiger partial charge >= 0.3 is 0 Å². The zero-order valence-electron chi connectivity index (χ0n) is 30.1. The van der Waals surface area contributed by atoms with E-state index in [1.54, 1.807) is 24.4 Å². The molecule has 8 aromatic rings. The van der Waals surface area contributed by atoms with Crippen molar-refractivity contribution in [3.05, 3.63) is 128 Å². The molecule has 0 spiro atoms. The predicted octanol–water partition coefficient (Wildman–Crippen LogP) is 9.23. The molecule has 0 unspecified atom stereocenters. The number of rotatable bonds is 8. The number of H-pyrrole nitrogens is 2. The molecule has 4 aromatic heterocycles. The van der Waals surface area contributed by atoms with Gasteiger partial charge in [0.25, 0.3) is 0 Å². The van der Waals surface area contributed by atoms with Crippen LogP contribution in [0.1, 0.15) is 30.8 Å². The van der Waals surface area contributed by atoms with Crippen molar-refractivity contribution in [1.29, 1.82) is 10.5 Å². The van der Waals surface area contributed by atoms with Crippen LogP contribution in [-0.2, 0) is 0 Å². The fourth-order valence-electron chi connectivity index (χ4n) is 6.70. The molecule has 10 nitrogen and oxygen atoms in total. The first kappa shape index (κ1) is 36.5. The standard InChI is InChI=1S/C43H29Cl3N8O2/c1-4-55-25-10-6-23(7-11-25)40-38-39(43(54-40)28(19-48)37-21-50-33-16-30(45)31(46)17-35(33)52-37)41(24-8-12-26(13-9-24)56-5-2)53-42(38)27(18-47)36-20-49-32-14-22(3)29(44)15-34(32)51-36/h6-17,20-21,53-54H,4-5H2,1-3H3/b42-27-,43-28-. The van der Waals surface area contributed by atoms with E-state index < -0.39 is 0 Å². The monoisotopic (exact) mass is 794 g/mol. The number of halogens is 3. The lowest BCUT2D eigenvalue weighted by Crippen LogP contribution is -2.12. The molecule has 4 heterocycles. The zero-order valence-corrected chi connectivity index (χ0v) is 32.4. The predicted molar refractivity (Wildman–Crippen MR) is 220 cm³/mol. The van der Waals surface area contributed by atoms with Crippen LogP contribution in [0.2, 0.25) is 15.1 Å². The van der Waals surface area contributed by atoms with Crippen LogP contribution in [0.5, 0.6) is 11.5 Å². The van der Waals surface area contributed by atoms with Crippen LogP contribution in [0.25, 0.3) is 66.5 Å². The number of hydrogen-bond donors (Lipinski definition) is 2. The van der Waals surface area contributed by atoms with Crippen LogP contribution in [0, 0.1) is 29.6 Å². The maximum absolute atomic E-state index is 10.9. The van der Waals surface area contributed by atoms with Gasteiger partial charge < -0.3 is 19.4 Å². The van der Waals surface area contributed by atoms with Gasteiger partial charge in [0.15, 0.2) is 0 Å². The van der Waals surface area contributed by atoms with Crippen LogP contribution < -0.4 is 20.2 Å². The van der Waals surface area contributed by atoms with Gasteiger partial charge in [0.05, 0.1) is 79.8 Å². The number of nitriles is 2. The lowest BCUT2D eigenvalue weighted by atomic mass is 10.0. The Morgan fingerprint density at radius 1 is 0.607 bits per heavy atom. The molecule has 0 radical (unpaired) electrons. The summed E-state index contributed by atoms with van der Waals surface area (Å²) in [5.41, 5.74) is 6.93. The molecule has 0 atom stereocenters. The van der Waals surface area contributed by atoms with E-state index in [9.17, 15) is 10.5 Å². The molecule has 56 heavy (non-hydrogen) atoms. The second-order valence-corrected chi connectivity index (χ2v) is 14.0. The molecule has 274 valence electrons. The highest BCUT2D eigenvalue weighted by atomic mass is 35.5. The third-order valence-electron chi connectivity index (χ3n) is 9.30. The zero-order chi connectivity index (χ0) is 39.1. The van der Waals surface area contributed by atoms with E-state index in [0.29, 0.717) is 106 Å². The smallest absolute Gasteiger partial charge is 0.119 e. The third-order valence-corrected chi connectivity index (χ3v) is 10.4. The molecule has 8 rings (SSSR count). The Morgan fingerprint density at radius 3 is 1.45 bits per heavy atom. The van der Waals surface area contributed by atoms with E-state index in [2.05, 4.69) is 32.1 Å². The number of nitrogens with one attached hydrogen (secondary N) is 2. The number of fused-ring (bicyclic) bond motifs is 3. The Balaban J connectivity index is 1.53. The molecule has 13 heteroatoms. The van der Waals surface area contributed by atoms with Gasteiger partial charge in [-0.25, -0.2) is 9.97 Å². The minimum absolute atomic E-state index is 0.208. The minimum Gasteiger partial charge on any atom is -0.494 e. The molecule has 0 fully saturated rings. The van der Waals surface area contributed by atoms with Crippen LogP contribution >= 0.6 is 34.8 Å². The van der Waals surface area contributed by atoms with E-state index in [1.165, 1.54) is 6.20 Å². The summed E-state index contributed by atoms with van der Waals surface area (Å²) in [4.78, 5) is 26.1. The molecule has 4 aromatic carbocycles. The summed E-state index contributed by atoms with van der Waals surface area (Å²) in [5.74, 6) is 1.39. The largest absolute Gasteiger partial charge is 0.494 e. The number of aromatic amines is 2. The Kier molecular flexibility index (Phi) is 9.79. The molecule has 0 saturated carbocycles. The fraction of sp³-hybridized carbons (Fsp3) is 0.116. The fourth-order valence-corrected chi connectivity index (χ4v) is 7.17. The van der Waals surface area contributed by atoms with E-state index >= 15 is 0 Å². The second kappa shape index (κ2) is 15.0. The van der Waals surface area contributed by atoms with Crippen LogP contribution in [0.15, 0.2) is 85.2 Å². The van der Waals surface area contributed by atoms with Crippen LogP contribution in [0.4, 0.5) is 0 Å². The summed E-state index contributed by atoms with van der Waals surface area (Å²) in [5, 5.41) is 25.3. The lowest BCUT2D eigenvalue weighted by Gasteiger charge is -2.06. The van der Waals surface area contributed by atoms with Gasteiger partial charge in [0.1, 0.15) is 46.2 Å². The molecule has 0 aliphatic heterocycles. The third kappa shape index (κ3) is 6.54. The van der Waals surface area contributed by atoms with Gasteiger partial charge in [0, 0.05) is 15.8 Å². The Labute approximate surface area is 335 Å². The Hall–Kier alpha value is -6.43. The first-order chi connectivity index (χ1) is 27.2. The summed E-state index contributed by atoms with van der Waals surface area (Å²) in [7, 11) is 0. The van der Waals surface area contributed by atoms with Gasteiger partial charge in [-0.15, -0.1) is 0 Å². The van der Waals surface area contributed by atoms with Crippen LogP contribution in [0.3, 0.4) is 0 Å². The SMILES string of the molecule is CCOc1ccc(-c2[nH]/c(=C(/C#N)c3cnc4cc(Cl)c(Cl)cc4n3)c3c(-c4ccc(OCC)cc4)[nH]/c(=C(/C#N)c4cnc5cc(C)c(Cl)cc5n4)c23)cc1. The summed E-state index contributed by atoms with van der Waals surface area (Å²) in [6.45, 7) is 6.75. The topological polar surface area (TPSA) is 149 Å². The van der Waals surface area contributed by atoms with E-state index in [-0.39, 0.29) is 11.1 Å². The van der Waals surface area contributed by atoms with E-state index in [0.717, 1.165) is 16.7 Å². The van der Waals surface area contributed by atoms with E-state index in [4.69, 9.17) is 54.2 Å². The van der Waals surface area contributed by atoms with Gasteiger partial charge in [-0.1, -0.05) is 34.8 Å². The second-order valence-electron chi connectivity index (χ2n) is 12.7. The number of aromatic nitrogens is 6. The van der Waals surface area contributed by atoms with Crippen molar-refractivity contribution in [1.82, 2.24) is 29.9 Å². The van der Waals surface area contributed by atoms with Crippen molar-refractivity contribution in [2.24, 2.45) is 0 Å². The van der Waals surface area contributed by atoms with Crippen molar-refractivity contribution in [2.75, 3.05) is 13.2 Å². The van der Waals surface area contributed by atoms with Crippen molar-refractivity contribution < 1.29 is 9.47 Å². The Bertz CT molecular complexity index is 2860. The first-order valence-corrected chi connectivity index (χ1v) is 18.7. The maximum atomic E-state index is 10.9. The first-order valence-electron chi connectivity index (χ1n) is 17.6. The average Bonchev–Trinajstić information content (AvgIpc) is 3.77. The average molecular weight is 796 g/mol. The number of hydrogen-bond acceptors (Lipinski definition) is 8. The maximum Gasteiger partial charge on any atom is 0.119 e. The normalized spacial score (nSPS) is 12.4. The highest BCUT2D eigenvalue weighted by Crippen LogP contribution is 2.34. The number of nitrogens with zero attached hydrogens (tertiary/aromatic N) is 6. The number of aryl methyl sites for hydroxylation is 1. The van der Waals surface area contributed by atoms with Gasteiger partial charge in [-0.05, 0) is 110 Å². The molecule has 2 N–H and O–H groups in total. The summed E-state index contributed by atoms with van der Waals surface area (Å²) < 4.78 is 11.5. The molecule has 0 aliphatic carbocycles. The summed E-state index contributed by atoms with van der Waals surface area (Å²) in [6.07, 6.45) is 3.11. The summed E-state index contributed by atoms with van der Waals surface area (Å²) >= 11 is 19.1. The molecule has 0 bridgehead atoms. The van der Waals surface area contributed by atoms with Crippen molar-refractivity contribution in [3.63, 3.8) is 0 Å². The molecule has 0 amide bonds. The van der Waals surface area contributed by atoms with Crippen molar-refractivity contribution >= 4 is 78.8 Å². The Morgan fingerprint density at radius 2 is 1.02 bits per heavy atom. The van der Waals surface area contributed by atoms with Crippen molar-refractivity contribution in [3.8, 4) is 46.2 Å². The van der Waals surface area contributed by atoms with Crippen LogP contribution in [-0.4, -0.2) is 43.1 Å². The molecular weight excluding hydrogens is 767 g/mol. The quantitative estimate of drug-likeness (QED) is 0.155. The number of ether oxygens (including phenoxy) is 2. The lowest BCUT2D eigenvalue weighted by molar-refractivity contribution is 0.340. The molecule has 0 saturated heterocycles. The van der Waals surface area contributed by atoms with Crippen molar-refractivity contribution in [2.45, 2.75) is 20.8 Å². The molecular formula is C43H29Cl3N8O2. The van der Waals surface area contributed by atoms with Gasteiger partial charge in [-0.3, -0.25) is 9.97 Å². The number of benzene rings is 4.